The molecule has 0 spiro atoms. The Morgan fingerprint density at radius 2 is 1.62 bits per heavy atom. The van der Waals surface area contributed by atoms with E-state index >= 15 is 0 Å². The van der Waals surface area contributed by atoms with Crippen LogP contribution in [0.2, 0.25) is 0 Å². The quantitative estimate of drug-likeness (QED) is 0.536. The Morgan fingerprint density at radius 3 is 2.06 bits per heavy atom. The lowest BCUT2D eigenvalue weighted by atomic mass is 9.85. The molecule has 1 fully saturated rings. The maximum Gasteiger partial charge on any atom is 0.0575 e. The van der Waals surface area contributed by atoms with Crippen molar-refractivity contribution in [2.75, 3.05) is 12.4 Å². The first-order valence-electron chi connectivity index (χ1n) is 6.99. The van der Waals surface area contributed by atoms with E-state index in [9.17, 15) is 0 Å². The highest BCUT2D eigenvalue weighted by Crippen LogP contribution is 2.30. The fraction of sp³-hybridized carbons (Fsp3) is 1.00. The van der Waals surface area contributed by atoms with Gasteiger partial charge in [-0.1, -0.05) is 39.5 Å². The molecule has 0 aliphatic heterocycles. The van der Waals surface area contributed by atoms with Crippen LogP contribution in [0.4, 0.5) is 0 Å². The predicted molar refractivity (Wildman–Crippen MR) is 74.3 cm³/mol. The predicted octanol–water partition coefficient (Wildman–Crippen LogP) is 4.46. The summed E-state index contributed by atoms with van der Waals surface area (Å²) < 4.78 is 6.15. The lowest BCUT2D eigenvalue weighted by Gasteiger charge is -2.31. The van der Waals surface area contributed by atoms with Gasteiger partial charge >= 0.3 is 0 Å². The highest BCUT2D eigenvalue weighted by Gasteiger charge is 2.26. The summed E-state index contributed by atoms with van der Waals surface area (Å²) in [4.78, 5) is 0. The molecule has 0 N–H and O–H groups in total. The van der Waals surface area contributed by atoms with Crippen molar-refractivity contribution in [3.63, 3.8) is 0 Å². The number of hydrogen-bond donors (Lipinski definition) is 1. The topological polar surface area (TPSA) is 9.23 Å². The lowest BCUT2D eigenvalue weighted by Crippen LogP contribution is -2.30. The third-order valence-corrected chi connectivity index (χ3v) is 4.93. The van der Waals surface area contributed by atoms with Crippen molar-refractivity contribution in [3.05, 3.63) is 0 Å². The van der Waals surface area contributed by atoms with Gasteiger partial charge in [0, 0.05) is 5.41 Å². The average Bonchev–Trinajstić information content (AvgIpc) is 2.60. The zero-order valence-corrected chi connectivity index (χ0v) is 11.9. The van der Waals surface area contributed by atoms with Crippen molar-refractivity contribution in [3.8, 4) is 0 Å². The van der Waals surface area contributed by atoms with Gasteiger partial charge in [0.2, 0.25) is 0 Å². The summed E-state index contributed by atoms with van der Waals surface area (Å²) in [6, 6.07) is 0. The van der Waals surface area contributed by atoms with Gasteiger partial charge in [-0.15, -0.1) is 0 Å². The molecule has 16 heavy (non-hydrogen) atoms. The van der Waals surface area contributed by atoms with Crippen LogP contribution in [-0.2, 0) is 4.74 Å². The van der Waals surface area contributed by atoms with E-state index < -0.39 is 0 Å². The molecule has 1 saturated carbocycles. The Kier molecular flexibility index (Phi) is 6.83. The summed E-state index contributed by atoms with van der Waals surface area (Å²) >= 11 is 4.50. The van der Waals surface area contributed by atoms with Crippen LogP contribution in [0.5, 0.6) is 0 Å². The average molecular weight is 244 g/mol. The van der Waals surface area contributed by atoms with Crippen LogP contribution in [-0.4, -0.2) is 18.5 Å². The van der Waals surface area contributed by atoms with Crippen molar-refractivity contribution in [1.82, 2.24) is 0 Å². The minimum Gasteiger partial charge on any atom is -0.378 e. The van der Waals surface area contributed by atoms with Crippen LogP contribution < -0.4 is 0 Å². The molecule has 1 nitrogen and oxygen atoms in total. The third-order valence-electron chi connectivity index (χ3n) is 4.26. The van der Waals surface area contributed by atoms with E-state index in [0.717, 1.165) is 12.4 Å². The minimum atomic E-state index is 0.315. The van der Waals surface area contributed by atoms with Gasteiger partial charge in [0.1, 0.15) is 0 Å². The molecular weight excluding hydrogens is 216 g/mol. The second-order valence-electron chi connectivity index (χ2n) is 5.29. The van der Waals surface area contributed by atoms with Gasteiger partial charge in [0.25, 0.3) is 0 Å². The van der Waals surface area contributed by atoms with E-state index in [2.05, 4.69) is 26.5 Å². The molecule has 0 aromatic rings. The zero-order valence-electron chi connectivity index (χ0n) is 11.0. The van der Waals surface area contributed by atoms with Crippen molar-refractivity contribution < 1.29 is 4.74 Å². The van der Waals surface area contributed by atoms with E-state index in [0.29, 0.717) is 11.5 Å². The summed E-state index contributed by atoms with van der Waals surface area (Å²) in [5.41, 5.74) is 0.315. The smallest absolute Gasteiger partial charge is 0.0575 e. The molecule has 0 saturated heterocycles. The van der Waals surface area contributed by atoms with Crippen molar-refractivity contribution >= 4 is 12.6 Å². The Labute approximate surface area is 107 Å². The van der Waals surface area contributed by atoms with Gasteiger partial charge < -0.3 is 4.74 Å². The van der Waals surface area contributed by atoms with E-state index in [-0.39, 0.29) is 0 Å². The molecule has 0 radical (unpaired) electrons. The molecule has 1 aliphatic carbocycles. The third kappa shape index (κ3) is 4.29. The van der Waals surface area contributed by atoms with Gasteiger partial charge in [0.15, 0.2) is 0 Å². The van der Waals surface area contributed by atoms with Crippen LogP contribution in [0.1, 0.15) is 65.2 Å². The van der Waals surface area contributed by atoms with Gasteiger partial charge in [-0.3, -0.25) is 0 Å². The first kappa shape index (κ1) is 14.4. The number of ether oxygens (including phenoxy) is 1. The molecular formula is C14H28OS. The maximum atomic E-state index is 6.15. The molecule has 96 valence electrons. The molecule has 0 heterocycles. The van der Waals surface area contributed by atoms with Gasteiger partial charge in [-0.2, -0.15) is 12.6 Å². The van der Waals surface area contributed by atoms with Gasteiger partial charge in [-0.25, -0.2) is 0 Å². The molecule has 2 heteroatoms. The molecule has 1 rings (SSSR count). The summed E-state index contributed by atoms with van der Waals surface area (Å²) in [5.74, 6) is 0.951. The highest BCUT2D eigenvalue weighted by molar-refractivity contribution is 7.80. The van der Waals surface area contributed by atoms with E-state index in [1.165, 1.54) is 51.4 Å². The molecule has 0 aromatic carbocycles. The Balaban J connectivity index is 2.35. The molecule has 0 amide bonds. The van der Waals surface area contributed by atoms with Crippen molar-refractivity contribution in [2.24, 2.45) is 5.41 Å². The van der Waals surface area contributed by atoms with Gasteiger partial charge in [-0.05, 0) is 31.4 Å². The second-order valence-corrected chi connectivity index (χ2v) is 5.61. The second kappa shape index (κ2) is 7.60. The SMILES string of the molecule is CCC(CC)(CS)COC1CCCCCC1. The number of hydrogen-bond acceptors (Lipinski definition) is 2. The van der Waals surface area contributed by atoms with Gasteiger partial charge in [0.05, 0.1) is 12.7 Å². The molecule has 0 atom stereocenters. The summed E-state index contributed by atoms with van der Waals surface area (Å²) in [5, 5.41) is 0. The largest absolute Gasteiger partial charge is 0.378 e. The van der Waals surface area contributed by atoms with Crippen molar-refractivity contribution in [1.29, 1.82) is 0 Å². The van der Waals surface area contributed by atoms with E-state index in [1.54, 1.807) is 0 Å². The zero-order chi connectivity index (χ0) is 11.9. The van der Waals surface area contributed by atoms with E-state index in [4.69, 9.17) is 4.74 Å². The Bertz CT molecular complexity index is 161. The highest BCUT2D eigenvalue weighted by atomic mass is 32.1. The Morgan fingerprint density at radius 1 is 1.06 bits per heavy atom. The minimum absolute atomic E-state index is 0.315. The fourth-order valence-electron chi connectivity index (χ4n) is 2.43. The number of rotatable bonds is 6. The van der Waals surface area contributed by atoms with Crippen LogP contribution in [0.15, 0.2) is 0 Å². The van der Waals surface area contributed by atoms with Crippen LogP contribution in [0.25, 0.3) is 0 Å². The monoisotopic (exact) mass is 244 g/mol. The van der Waals surface area contributed by atoms with Crippen LogP contribution in [0.3, 0.4) is 0 Å². The standard InChI is InChI=1S/C14H28OS/c1-3-14(4-2,12-16)11-15-13-9-7-5-6-8-10-13/h13,16H,3-12H2,1-2H3. The number of thiol groups is 1. The molecule has 0 unspecified atom stereocenters. The fourth-order valence-corrected chi connectivity index (χ4v) is 2.97. The molecule has 0 bridgehead atoms. The Hall–Kier alpha value is 0.310. The molecule has 1 aliphatic rings. The maximum absolute atomic E-state index is 6.15. The van der Waals surface area contributed by atoms with E-state index in [1.807, 2.05) is 0 Å². The first-order chi connectivity index (χ1) is 7.76. The summed E-state index contributed by atoms with van der Waals surface area (Å²) in [6.45, 7) is 5.43. The normalized spacial score (nSPS) is 19.7. The summed E-state index contributed by atoms with van der Waals surface area (Å²) in [6.07, 6.45) is 11.0. The van der Waals surface area contributed by atoms with Crippen molar-refractivity contribution in [2.45, 2.75) is 71.3 Å². The van der Waals surface area contributed by atoms with Crippen LogP contribution >= 0.6 is 12.6 Å². The van der Waals surface area contributed by atoms with Crippen LogP contribution in [0, 0.1) is 5.41 Å². The first-order valence-corrected chi connectivity index (χ1v) is 7.62. The summed E-state index contributed by atoms with van der Waals surface area (Å²) in [7, 11) is 0. The molecule has 0 aromatic heterocycles. The lowest BCUT2D eigenvalue weighted by molar-refractivity contribution is -0.0112.